The molecule has 0 unspecified atom stereocenters. The van der Waals surface area contributed by atoms with Crippen LogP contribution in [0, 0.1) is 0 Å². The summed E-state index contributed by atoms with van der Waals surface area (Å²) in [5.74, 6) is 1.09. The highest BCUT2D eigenvalue weighted by atomic mass is 16.5. The first-order valence-electron chi connectivity index (χ1n) is 10.6. The van der Waals surface area contributed by atoms with Crippen molar-refractivity contribution in [2.24, 2.45) is 0 Å². The molecule has 1 atom stereocenters. The molecule has 0 saturated carbocycles. The van der Waals surface area contributed by atoms with Crippen molar-refractivity contribution in [3.8, 4) is 17.2 Å². The van der Waals surface area contributed by atoms with Gasteiger partial charge in [0.15, 0.2) is 6.61 Å². The first kappa shape index (κ1) is 25.0. The molecule has 0 aromatic heterocycles. The second-order valence-corrected chi connectivity index (χ2v) is 8.57. The number of hydrogen-bond donors (Lipinski definition) is 1. The number of ether oxygens (including phenoxy) is 3. The fraction of sp³-hybridized carbons (Fsp3) is 0.440. The van der Waals surface area contributed by atoms with Crippen LogP contribution in [0.25, 0.3) is 0 Å². The van der Waals surface area contributed by atoms with Crippen molar-refractivity contribution < 1.29 is 23.8 Å². The van der Waals surface area contributed by atoms with Crippen molar-refractivity contribution >= 4 is 11.8 Å². The lowest BCUT2D eigenvalue weighted by atomic mass is 10.1. The highest BCUT2D eigenvalue weighted by Gasteiger charge is 2.28. The van der Waals surface area contributed by atoms with Crippen molar-refractivity contribution in [1.29, 1.82) is 0 Å². The minimum Gasteiger partial charge on any atom is -0.496 e. The lowest BCUT2D eigenvalue weighted by Gasteiger charge is -2.31. The Morgan fingerprint density at radius 2 is 1.53 bits per heavy atom. The Bertz CT molecular complexity index is 871. The molecule has 174 valence electrons. The molecule has 7 heteroatoms. The van der Waals surface area contributed by atoms with Crippen LogP contribution < -0.4 is 19.5 Å². The van der Waals surface area contributed by atoms with E-state index in [0.717, 1.165) is 5.56 Å². The SMILES string of the molecule is COc1cc(OC)cc(OCC(=O)N(CCc2ccccc2)[C@H](C)C(=O)NC(C)(C)C)c1. The normalized spacial score (nSPS) is 11.9. The first-order valence-corrected chi connectivity index (χ1v) is 10.6. The lowest BCUT2D eigenvalue weighted by Crippen LogP contribution is -2.53. The standard InChI is InChI=1S/C25H34N2O5/c1-18(24(29)26-25(2,3)4)27(13-12-19-10-8-7-9-11-19)23(28)17-32-22-15-20(30-5)14-21(16-22)31-6/h7-11,14-16,18H,12-13,17H2,1-6H3,(H,26,29)/t18-/m1/s1. The molecule has 2 aromatic carbocycles. The summed E-state index contributed by atoms with van der Waals surface area (Å²) in [6, 6.07) is 14.3. The Morgan fingerprint density at radius 3 is 2.06 bits per heavy atom. The van der Waals surface area contributed by atoms with E-state index in [2.05, 4.69) is 5.32 Å². The molecule has 0 spiro atoms. The van der Waals surface area contributed by atoms with Crippen molar-refractivity contribution in [3.63, 3.8) is 0 Å². The lowest BCUT2D eigenvalue weighted by molar-refractivity contribution is -0.142. The Hall–Kier alpha value is -3.22. The topological polar surface area (TPSA) is 77.1 Å². The van der Waals surface area contributed by atoms with Crippen LogP contribution in [0.15, 0.2) is 48.5 Å². The molecular formula is C25H34N2O5. The minimum absolute atomic E-state index is 0.207. The van der Waals surface area contributed by atoms with Crippen LogP contribution in [0.4, 0.5) is 0 Å². The van der Waals surface area contributed by atoms with Crippen LogP contribution in [-0.2, 0) is 16.0 Å². The summed E-state index contributed by atoms with van der Waals surface area (Å²) in [4.78, 5) is 27.5. The fourth-order valence-electron chi connectivity index (χ4n) is 3.14. The largest absolute Gasteiger partial charge is 0.496 e. The highest BCUT2D eigenvalue weighted by molar-refractivity contribution is 5.88. The van der Waals surface area contributed by atoms with Crippen LogP contribution >= 0.6 is 0 Å². The molecule has 0 aliphatic heterocycles. The van der Waals surface area contributed by atoms with Crippen LogP contribution in [0.5, 0.6) is 17.2 Å². The Kier molecular flexibility index (Phi) is 8.93. The van der Waals surface area contributed by atoms with Crippen LogP contribution in [-0.4, -0.2) is 55.7 Å². The predicted molar refractivity (Wildman–Crippen MR) is 124 cm³/mol. The smallest absolute Gasteiger partial charge is 0.261 e. The molecule has 2 amide bonds. The van der Waals surface area contributed by atoms with E-state index < -0.39 is 11.6 Å². The molecular weight excluding hydrogens is 408 g/mol. The zero-order chi connectivity index (χ0) is 23.7. The summed E-state index contributed by atoms with van der Waals surface area (Å²) in [6.45, 7) is 7.65. The average Bonchev–Trinajstić information content (AvgIpc) is 2.76. The van der Waals surface area contributed by atoms with Crippen molar-refractivity contribution in [3.05, 3.63) is 54.1 Å². The van der Waals surface area contributed by atoms with Gasteiger partial charge >= 0.3 is 0 Å². The van der Waals surface area contributed by atoms with Gasteiger partial charge in [0.2, 0.25) is 5.91 Å². The fourth-order valence-corrected chi connectivity index (χ4v) is 3.14. The van der Waals surface area contributed by atoms with Gasteiger partial charge in [-0.25, -0.2) is 0 Å². The summed E-state index contributed by atoms with van der Waals surface area (Å²) >= 11 is 0. The molecule has 2 rings (SSSR count). The molecule has 7 nitrogen and oxygen atoms in total. The van der Waals surface area contributed by atoms with Gasteiger partial charge in [0.25, 0.3) is 5.91 Å². The third kappa shape index (κ3) is 7.80. The van der Waals surface area contributed by atoms with E-state index in [9.17, 15) is 9.59 Å². The Labute approximate surface area is 190 Å². The number of rotatable bonds is 10. The second-order valence-electron chi connectivity index (χ2n) is 8.57. The van der Waals surface area contributed by atoms with Crippen molar-refractivity contribution in [2.75, 3.05) is 27.4 Å². The Balaban J connectivity index is 2.14. The maximum absolute atomic E-state index is 13.1. The monoisotopic (exact) mass is 442 g/mol. The molecule has 0 bridgehead atoms. The van der Waals surface area contributed by atoms with Gasteiger partial charge in [0.1, 0.15) is 23.3 Å². The predicted octanol–water partition coefficient (Wildman–Crippen LogP) is 3.46. The van der Waals surface area contributed by atoms with Gasteiger partial charge < -0.3 is 24.4 Å². The number of nitrogens with zero attached hydrogens (tertiary/aromatic N) is 1. The van der Waals surface area contributed by atoms with Gasteiger partial charge in [0, 0.05) is 30.3 Å². The van der Waals surface area contributed by atoms with Gasteiger partial charge in [-0.3, -0.25) is 9.59 Å². The number of carbonyl (C=O) groups excluding carboxylic acids is 2. The molecule has 0 aliphatic rings. The van der Waals surface area contributed by atoms with Crippen molar-refractivity contribution in [2.45, 2.75) is 45.7 Å². The minimum atomic E-state index is -0.645. The van der Waals surface area contributed by atoms with E-state index in [1.54, 1.807) is 44.2 Å². The van der Waals surface area contributed by atoms with Crippen LogP contribution in [0.1, 0.15) is 33.3 Å². The van der Waals surface area contributed by atoms with Gasteiger partial charge in [-0.15, -0.1) is 0 Å². The summed E-state index contributed by atoms with van der Waals surface area (Å²) in [5.41, 5.74) is 0.694. The second kappa shape index (κ2) is 11.4. The third-order valence-corrected chi connectivity index (χ3v) is 4.84. The van der Waals surface area contributed by atoms with E-state index in [0.29, 0.717) is 30.2 Å². The van der Waals surface area contributed by atoms with Gasteiger partial charge in [-0.1, -0.05) is 30.3 Å². The molecule has 1 N–H and O–H groups in total. The zero-order valence-electron chi connectivity index (χ0n) is 19.8. The number of amides is 2. The van der Waals surface area contributed by atoms with Crippen LogP contribution in [0.3, 0.4) is 0 Å². The van der Waals surface area contributed by atoms with E-state index in [4.69, 9.17) is 14.2 Å². The summed E-state index contributed by atoms with van der Waals surface area (Å²) < 4.78 is 16.2. The first-order chi connectivity index (χ1) is 15.1. The molecule has 0 radical (unpaired) electrons. The van der Waals surface area contributed by atoms with Gasteiger partial charge in [-0.2, -0.15) is 0 Å². The number of methoxy groups -OCH3 is 2. The maximum atomic E-state index is 13.1. The molecule has 2 aromatic rings. The number of nitrogens with one attached hydrogen (secondary N) is 1. The van der Waals surface area contributed by atoms with E-state index in [1.807, 2.05) is 51.1 Å². The maximum Gasteiger partial charge on any atom is 0.261 e. The summed E-state index contributed by atoms with van der Waals surface area (Å²) in [7, 11) is 3.09. The Morgan fingerprint density at radius 1 is 0.969 bits per heavy atom. The number of hydrogen-bond acceptors (Lipinski definition) is 5. The number of benzene rings is 2. The van der Waals surface area contributed by atoms with Crippen LogP contribution in [0.2, 0.25) is 0 Å². The molecule has 0 aliphatic carbocycles. The molecule has 0 saturated heterocycles. The molecule has 0 fully saturated rings. The summed E-state index contributed by atoms with van der Waals surface area (Å²) in [5, 5.41) is 2.95. The van der Waals surface area contributed by atoms with E-state index in [1.165, 1.54) is 0 Å². The van der Waals surface area contributed by atoms with Gasteiger partial charge in [0.05, 0.1) is 14.2 Å². The van der Waals surface area contributed by atoms with Crippen molar-refractivity contribution in [1.82, 2.24) is 10.2 Å². The molecule has 0 heterocycles. The quantitative estimate of drug-likeness (QED) is 0.610. The van der Waals surface area contributed by atoms with Gasteiger partial charge in [-0.05, 0) is 39.7 Å². The third-order valence-electron chi connectivity index (χ3n) is 4.84. The summed E-state index contributed by atoms with van der Waals surface area (Å²) in [6.07, 6.45) is 0.632. The highest BCUT2D eigenvalue weighted by Crippen LogP contribution is 2.27. The average molecular weight is 443 g/mol. The van der Waals surface area contributed by atoms with E-state index in [-0.39, 0.29) is 18.4 Å². The zero-order valence-corrected chi connectivity index (χ0v) is 19.8. The number of carbonyl (C=O) groups is 2. The molecule has 32 heavy (non-hydrogen) atoms. The van der Waals surface area contributed by atoms with E-state index >= 15 is 0 Å².